The highest BCUT2D eigenvalue weighted by molar-refractivity contribution is 5.99. The van der Waals surface area contributed by atoms with Gasteiger partial charge in [0, 0.05) is 24.4 Å². The fourth-order valence-corrected chi connectivity index (χ4v) is 3.15. The third-order valence-electron chi connectivity index (χ3n) is 4.35. The first kappa shape index (κ1) is 15.2. The Morgan fingerprint density at radius 3 is 2.79 bits per heavy atom. The van der Waals surface area contributed by atoms with Crippen molar-refractivity contribution in [3.63, 3.8) is 0 Å². The summed E-state index contributed by atoms with van der Waals surface area (Å²) in [5.74, 6) is 0.295. The maximum atomic E-state index is 10.3. The molecule has 126 valence electrons. The molecule has 4 heterocycles. The fourth-order valence-electron chi connectivity index (χ4n) is 3.15. The van der Waals surface area contributed by atoms with Crippen LogP contribution in [0.4, 0.5) is 5.82 Å². The summed E-state index contributed by atoms with van der Waals surface area (Å²) in [6, 6.07) is 0. The number of aliphatic hydroxyl groups excluding tert-OH is 3. The van der Waals surface area contributed by atoms with Gasteiger partial charge in [-0.1, -0.05) is 6.08 Å². The van der Waals surface area contributed by atoms with Gasteiger partial charge in [-0.05, 0) is 0 Å². The normalized spacial score (nSPS) is 29.5. The highest BCUT2D eigenvalue weighted by Crippen LogP contribution is 2.37. The van der Waals surface area contributed by atoms with E-state index in [2.05, 4.69) is 15.0 Å². The largest absolute Gasteiger partial charge is 0.394 e. The third kappa shape index (κ3) is 2.13. The van der Waals surface area contributed by atoms with Gasteiger partial charge in [0.05, 0.1) is 17.7 Å². The Labute approximate surface area is 136 Å². The number of nitrogen functional groups attached to an aromatic ring is 1. The van der Waals surface area contributed by atoms with Gasteiger partial charge >= 0.3 is 0 Å². The van der Waals surface area contributed by atoms with Crippen molar-refractivity contribution in [3.8, 4) is 0 Å². The Morgan fingerprint density at radius 1 is 1.29 bits per heavy atom. The summed E-state index contributed by atoms with van der Waals surface area (Å²) >= 11 is 0. The maximum Gasteiger partial charge on any atom is 0.164 e. The standard InChI is InChI=1S/C15H17N5O4/c16-13-10-7(8-2-1-3-17-8)4-20(14(10)19-6-18-13)15-12(23)11(22)9(5-21)24-15/h2-4,6,9,11-12,15,21-23H,1,5H2,(H2,16,18,19)/t9-,11?,12+,15-/m1/s1. The first-order chi connectivity index (χ1) is 11.6. The summed E-state index contributed by atoms with van der Waals surface area (Å²) in [7, 11) is 0. The van der Waals surface area contributed by atoms with E-state index in [-0.39, 0.29) is 0 Å². The quantitative estimate of drug-likeness (QED) is 0.591. The van der Waals surface area contributed by atoms with Crippen molar-refractivity contribution in [1.82, 2.24) is 14.5 Å². The summed E-state index contributed by atoms with van der Waals surface area (Å²) < 4.78 is 7.20. The number of allylic oxidation sites excluding steroid dienone is 1. The van der Waals surface area contributed by atoms with Gasteiger partial charge in [0.2, 0.25) is 0 Å². The molecule has 0 aliphatic carbocycles. The smallest absolute Gasteiger partial charge is 0.164 e. The number of fused-ring (bicyclic) bond motifs is 1. The van der Waals surface area contributed by atoms with Crippen molar-refractivity contribution in [3.05, 3.63) is 24.2 Å². The molecule has 2 aromatic rings. The molecule has 1 unspecified atom stereocenters. The molecule has 1 saturated heterocycles. The van der Waals surface area contributed by atoms with Crippen LogP contribution in [-0.4, -0.2) is 61.0 Å². The van der Waals surface area contributed by atoms with Crippen LogP contribution in [0.1, 0.15) is 18.2 Å². The Morgan fingerprint density at radius 2 is 2.12 bits per heavy atom. The van der Waals surface area contributed by atoms with E-state index in [0.29, 0.717) is 16.9 Å². The number of aromatic nitrogens is 3. The number of ether oxygens (including phenoxy) is 1. The summed E-state index contributed by atoms with van der Waals surface area (Å²) in [5.41, 5.74) is 7.96. The minimum atomic E-state index is -1.21. The van der Waals surface area contributed by atoms with Gasteiger partial charge in [-0.3, -0.25) is 4.99 Å². The molecule has 0 bridgehead atoms. The lowest BCUT2D eigenvalue weighted by Gasteiger charge is -2.17. The molecule has 0 amide bonds. The van der Waals surface area contributed by atoms with E-state index >= 15 is 0 Å². The second-order valence-corrected chi connectivity index (χ2v) is 5.77. The highest BCUT2D eigenvalue weighted by atomic mass is 16.6. The third-order valence-corrected chi connectivity index (χ3v) is 4.35. The number of nitrogens with zero attached hydrogens (tertiary/aromatic N) is 4. The lowest BCUT2D eigenvalue weighted by Crippen LogP contribution is -2.33. The molecule has 0 aromatic carbocycles. The number of aliphatic hydroxyl groups is 3. The number of hydrogen-bond donors (Lipinski definition) is 4. The molecule has 4 atom stereocenters. The van der Waals surface area contributed by atoms with E-state index in [1.165, 1.54) is 6.33 Å². The van der Waals surface area contributed by atoms with Crippen LogP contribution >= 0.6 is 0 Å². The van der Waals surface area contributed by atoms with Crippen LogP contribution in [0.2, 0.25) is 0 Å². The zero-order valence-corrected chi connectivity index (χ0v) is 12.6. The lowest BCUT2D eigenvalue weighted by molar-refractivity contribution is -0.0508. The van der Waals surface area contributed by atoms with Crippen molar-refractivity contribution in [2.75, 3.05) is 12.3 Å². The van der Waals surface area contributed by atoms with Gasteiger partial charge in [0.25, 0.3) is 0 Å². The summed E-state index contributed by atoms with van der Waals surface area (Å²) in [6.07, 6.45) is 3.35. The zero-order chi connectivity index (χ0) is 16.8. The number of anilines is 1. The topological polar surface area (TPSA) is 139 Å². The predicted molar refractivity (Wildman–Crippen MR) is 86.0 cm³/mol. The first-order valence-corrected chi connectivity index (χ1v) is 7.58. The van der Waals surface area contributed by atoms with Crippen LogP contribution in [0.5, 0.6) is 0 Å². The molecule has 2 aliphatic heterocycles. The maximum absolute atomic E-state index is 10.3. The van der Waals surface area contributed by atoms with Crippen molar-refractivity contribution < 1.29 is 20.1 Å². The van der Waals surface area contributed by atoms with Crippen LogP contribution in [0.15, 0.2) is 23.6 Å². The van der Waals surface area contributed by atoms with Gasteiger partial charge in [0.15, 0.2) is 6.23 Å². The zero-order valence-electron chi connectivity index (χ0n) is 12.6. The molecule has 4 rings (SSSR count). The van der Waals surface area contributed by atoms with E-state index in [1.807, 2.05) is 6.08 Å². The Bertz CT molecular complexity index is 846. The van der Waals surface area contributed by atoms with Gasteiger partial charge in [0.1, 0.15) is 36.1 Å². The van der Waals surface area contributed by atoms with E-state index < -0.39 is 31.1 Å². The lowest BCUT2D eigenvalue weighted by atomic mass is 10.1. The Hall–Kier alpha value is -2.33. The van der Waals surface area contributed by atoms with Crippen molar-refractivity contribution in [2.45, 2.75) is 31.0 Å². The van der Waals surface area contributed by atoms with Crippen LogP contribution in [0, 0.1) is 0 Å². The second kappa shape index (κ2) is 5.64. The van der Waals surface area contributed by atoms with Crippen molar-refractivity contribution in [1.29, 1.82) is 0 Å². The average Bonchev–Trinajstić information content (AvgIpc) is 3.28. The van der Waals surface area contributed by atoms with Crippen molar-refractivity contribution >= 4 is 28.8 Å². The molecule has 1 fully saturated rings. The number of aliphatic imine (C=N–C) groups is 1. The fraction of sp³-hybridized carbons (Fsp3) is 0.400. The molecule has 5 N–H and O–H groups in total. The number of rotatable bonds is 3. The number of hydrogen-bond acceptors (Lipinski definition) is 8. The van der Waals surface area contributed by atoms with E-state index in [0.717, 1.165) is 17.7 Å². The van der Waals surface area contributed by atoms with Crippen LogP contribution < -0.4 is 5.73 Å². The molecular formula is C15H17N5O4. The van der Waals surface area contributed by atoms with Gasteiger partial charge in [-0.15, -0.1) is 0 Å². The summed E-state index contributed by atoms with van der Waals surface area (Å²) in [4.78, 5) is 12.6. The van der Waals surface area contributed by atoms with Gasteiger partial charge in [-0.2, -0.15) is 0 Å². The average molecular weight is 331 g/mol. The minimum Gasteiger partial charge on any atom is -0.394 e. The van der Waals surface area contributed by atoms with E-state index in [4.69, 9.17) is 10.5 Å². The predicted octanol–water partition coefficient (Wildman–Crippen LogP) is -0.560. The summed E-state index contributed by atoms with van der Waals surface area (Å²) in [6.45, 7) is -0.395. The van der Waals surface area contributed by atoms with Crippen LogP contribution in [-0.2, 0) is 4.74 Å². The van der Waals surface area contributed by atoms with E-state index in [1.54, 1.807) is 17.0 Å². The first-order valence-electron chi connectivity index (χ1n) is 7.58. The monoisotopic (exact) mass is 331 g/mol. The molecule has 2 aromatic heterocycles. The number of nitrogens with two attached hydrogens (primary N) is 1. The molecule has 24 heavy (non-hydrogen) atoms. The molecule has 0 radical (unpaired) electrons. The van der Waals surface area contributed by atoms with Gasteiger partial charge < -0.3 is 30.4 Å². The molecular weight excluding hydrogens is 314 g/mol. The highest BCUT2D eigenvalue weighted by Gasteiger charge is 2.44. The molecule has 9 heteroatoms. The van der Waals surface area contributed by atoms with Crippen molar-refractivity contribution in [2.24, 2.45) is 4.99 Å². The second-order valence-electron chi connectivity index (χ2n) is 5.77. The van der Waals surface area contributed by atoms with E-state index in [9.17, 15) is 15.3 Å². The SMILES string of the molecule is Nc1ncnc2c1c(C1=CCC=N1)cn2[C@@H]1O[C@H](CO)C(O)[C@@H]1O. The molecule has 9 nitrogen and oxygen atoms in total. The Kier molecular flexibility index (Phi) is 3.57. The molecule has 0 spiro atoms. The van der Waals surface area contributed by atoms with Crippen LogP contribution in [0.25, 0.3) is 16.7 Å². The Balaban J connectivity index is 1.88. The molecule has 2 aliphatic rings. The minimum absolute atomic E-state index is 0.295. The van der Waals surface area contributed by atoms with Crippen LogP contribution in [0.3, 0.4) is 0 Å². The van der Waals surface area contributed by atoms with Gasteiger partial charge in [-0.25, -0.2) is 9.97 Å². The summed E-state index contributed by atoms with van der Waals surface area (Å²) in [5, 5.41) is 30.2. The molecule has 0 saturated carbocycles.